The first-order valence-electron chi connectivity index (χ1n) is 17.8. The Kier molecular flexibility index (Phi) is 13.6. The lowest BCUT2D eigenvalue weighted by Crippen LogP contribution is -2.68. The number of carbonyl (C=O) groups excluding carboxylic acids is 3. The quantitative estimate of drug-likeness (QED) is 0.0866. The molecule has 1 fully saturated rings. The molecule has 3 rings (SSSR count). The Morgan fingerprint density at radius 2 is 1.50 bits per heavy atom. The molecule has 0 saturated heterocycles. The molecule has 48 heavy (non-hydrogen) atoms. The van der Waals surface area contributed by atoms with Crippen molar-refractivity contribution in [2.75, 3.05) is 6.61 Å². The molecule has 0 radical (unpaired) electrons. The largest absolute Gasteiger partial charge is 0.466 e. The molecule has 0 spiro atoms. The van der Waals surface area contributed by atoms with Gasteiger partial charge >= 0.3 is 11.9 Å². The third kappa shape index (κ3) is 10.0. The lowest BCUT2D eigenvalue weighted by molar-refractivity contribution is -0.165. The van der Waals surface area contributed by atoms with Crippen molar-refractivity contribution in [1.29, 1.82) is 0 Å². The van der Waals surface area contributed by atoms with Crippen LogP contribution >= 0.6 is 0 Å². The Balaban J connectivity index is 1.94. The average molecular weight is 677 g/mol. The summed E-state index contributed by atoms with van der Waals surface area (Å²) in [6.07, 6.45) is 6.40. The molecule has 2 aromatic rings. The van der Waals surface area contributed by atoms with Crippen LogP contribution in [0.4, 0.5) is 0 Å². The monoisotopic (exact) mass is 676 g/mol. The van der Waals surface area contributed by atoms with Gasteiger partial charge in [-0.25, -0.2) is 4.79 Å². The Bertz CT molecular complexity index is 1350. The van der Waals surface area contributed by atoms with Crippen LogP contribution in [0.15, 0.2) is 72.3 Å². The molecule has 2 aromatic carbocycles. The number of esters is 2. The van der Waals surface area contributed by atoms with Crippen LogP contribution in [0.25, 0.3) is 0 Å². The zero-order valence-corrected chi connectivity index (χ0v) is 32.2. The van der Waals surface area contributed by atoms with Crippen molar-refractivity contribution in [2.45, 2.75) is 131 Å². The summed E-state index contributed by atoms with van der Waals surface area (Å²) in [6.45, 7) is 20.4. The van der Waals surface area contributed by atoms with Crippen LogP contribution in [-0.2, 0) is 28.3 Å². The second kappa shape index (κ2) is 16.6. The Labute approximate surface area is 291 Å². The van der Waals surface area contributed by atoms with Crippen LogP contribution in [0.5, 0.6) is 0 Å². The number of hydrogen-bond donors (Lipinski definition) is 0. The van der Waals surface area contributed by atoms with Gasteiger partial charge in [-0.3, -0.25) is 9.59 Å². The fourth-order valence-corrected chi connectivity index (χ4v) is 11.8. The number of allylic oxidation sites excluding steroid dienone is 2. The van der Waals surface area contributed by atoms with Gasteiger partial charge in [0.05, 0.1) is 6.61 Å². The predicted octanol–water partition coefficient (Wildman–Crippen LogP) is 8.35. The topological polar surface area (TPSA) is 78.9 Å². The number of Topliss-reactive ketones (excluding diaryl/α,β-unsaturated/α-hetero) is 1. The van der Waals surface area contributed by atoms with Gasteiger partial charge in [0.15, 0.2) is 0 Å². The average Bonchev–Trinajstić information content (AvgIpc) is 3.01. The van der Waals surface area contributed by atoms with Crippen LogP contribution in [0.3, 0.4) is 0 Å². The smallest absolute Gasteiger partial charge is 0.334 e. The minimum Gasteiger partial charge on any atom is -0.466 e. The molecule has 0 amide bonds. The first-order chi connectivity index (χ1) is 22.4. The molecule has 0 heterocycles. The van der Waals surface area contributed by atoms with Gasteiger partial charge in [0.2, 0.25) is 0 Å². The van der Waals surface area contributed by atoms with Crippen molar-refractivity contribution in [3.05, 3.63) is 72.3 Å². The van der Waals surface area contributed by atoms with Crippen molar-refractivity contribution >= 4 is 36.4 Å². The fourth-order valence-electron chi connectivity index (χ4n) is 7.14. The standard InChI is InChI=1S/C41H60O6Si/c1-30(18-17-29-45-32(3)42)23-25-33-26-24-31(2)41(10,37(33)43)28-27-36(38(44)46-39(4,5)6)47-48(40(7,8)9,34-19-13-11-14-20-34)35-21-15-12-16-22-35/h11-16,19-23,31,33,36H,17-18,24-29H2,1-10H3/b30-23+/t31-,33-,36+,41+/m0/s1. The van der Waals surface area contributed by atoms with Gasteiger partial charge in [0.1, 0.15) is 17.5 Å². The molecule has 0 N–H and O–H groups in total. The Morgan fingerprint density at radius 1 is 0.938 bits per heavy atom. The molecule has 0 bridgehead atoms. The number of ether oxygens (including phenoxy) is 2. The van der Waals surface area contributed by atoms with Gasteiger partial charge in [-0.1, -0.05) is 107 Å². The second-order valence-corrected chi connectivity index (χ2v) is 20.3. The van der Waals surface area contributed by atoms with E-state index in [2.05, 4.69) is 71.9 Å². The first kappa shape index (κ1) is 39.4. The number of ketones is 1. The van der Waals surface area contributed by atoms with Gasteiger partial charge in [0.25, 0.3) is 8.32 Å². The molecular weight excluding hydrogens is 617 g/mol. The second-order valence-electron chi connectivity index (χ2n) is 16.0. The molecule has 0 aliphatic heterocycles. The van der Waals surface area contributed by atoms with Crippen molar-refractivity contribution in [3.63, 3.8) is 0 Å². The molecule has 6 nitrogen and oxygen atoms in total. The van der Waals surface area contributed by atoms with Crippen molar-refractivity contribution in [1.82, 2.24) is 0 Å². The summed E-state index contributed by atoms with van der Waals surface area (Å²) in [5.74, 6) is -0.240. The van der Waals surface area contributed by atoms with E-state index in [1.807, 2.05) is 57.2 Å². The lowest BCUT2D eigenvalue weighted by Gasteiger charge is -2.46. The summed E-state index contributed by atoms with van der Waals surface area (Å²) < 4.78 is 18.5. The van der Waals surface area contributed by atoms with Gasteiger partial charge in [-0.2, -0.15) is 0 Å². The summed E-state index contributed by atoms with van der Waals surface area (Å²) in [7, 11) is -3.08. The van der Waals surface area contributed by atoms with Crippen molar-refractivity contribution in [3.8, 4) is 0 Å². The maximum atomic E-state index is 14.3. The SMILES string of the molecule is CC(=O)OCCC/C(C)=C/C[C@H]1CC[C@H](C)[C@@](C)(CC[C@@H](O[Si](c2ccccc2)(c2ccccc2)C(C)(C)C)C(=O)OC(C)(C)C)C1=O. The molecule has 0 unspecified atom stereocenters. The summed E-state index contributed by atoms with van der Waals surface area (Å²) in [5.41, 5.74) is -0.0659. The highest BCUT2D eigenvalue weighted by Crippen LogP contribution is 2.46. The van der Waals surface area contributed by atoms with E-state index in [1.165, 1.54) is 12.5 Å². The van der Waals surface area contributed by atoms with Crippen molar-refractivity contribution in [2.24, 2.45) is 17.3 Å². The maximum absolute atomic E-state index is 14.3. The third-order valence-electron chi connectivity index (χ3n) is 10.1. The van der Waals surface area contributed by atoms with E-state index in [1.54, 1.807) is 0 Å². The molecule has 1 aliphatic rings. The van der Waals surface area contributed by atoms with E-state index in [0.717, 1.165) is 36.1 Å². The summed E-state index contributed by atoms with van der Waals surface area (Å²) in [4.78, 5) is 39.5. The molecular formula is C41H60O6Si. The summed E-state index contributed by atoms with van der Waals surface area (Å²) >= 11 is 0. The van der Waals surface area contributed by atoms with Gasteiger partial charge in [0, 0.05) is 18.3 Å². The fraction of sp³-hybridized carbons (Fsp3) is 0.585. The summed E-state index contributed by atoms with van der Waals surface area (Å²) in [5, 5.41) is 1.88. The van der Waals surface area contributed by atoms with Gasteiger partial charge < -0.3 is 13.9 Å². The first-order valence-corrected chi connectivity index (χ1v) is 19.7. The molecule has 1 saturated carbocycles. The van der Waals surface area contributed by atoms with E-state index < -0.39 is 25.4 Å². The van der Waals surface area contributed by atoms with Crippen LogP contribution < -0.4 is 10.4 Å². The highest BCUT2D eigenvalue weighted by molar-refractivity contribution is 6.99. The third-order valence-corrected chi connectivity index (χ3v) is 15.1. The number of rotatable bonds is 14. The zero-order valence-electron chi connectivity index (χ0n) is 31.2. The van der Waals surface area contributed by atoms with Crippen LogP contribution in [-0.4, -0.2) is 44.4 Å². The molecule has 4 atom stereocenters. The molecule has 1 aliphatic carbocycles. The van der Waals surface area contributed by atoms with Crippen LogP contribution in [0.2, 0.25) is 5.04 Å². The highest BCUT2D eigenvalue weighted by Gasteiger charge is 2.53. The predicted molar refractivity (Wildman–Crippen MR) is 197 cm³/mol. The molecule has 0 aromatic heterocycles. The normalized spacial score (nSPS) is 21.5. The van der Waals surface area contributed by atoms with E-state index in [9.17, 15) is 14.4 Å². The number of hydrogen-bond acceptors (Lipinski definition) is 6. The van der Waals surface area contributed by atoms with Gasteiger partial charge in [-0.05, 0) is 94.0 Å². The van der Waals surface area contributed by atoms with E-state index in [-0.39, 0.29) is 34.6 Å². The number of carbonyl (C=O) groups is 3. The number of benzene rings is 2. The Hall–Kier alpha value is -3.03. The van der Waals surface area contributed by atoms with Crippen LogP contribution in [0, 0.1) is 17.3 Å². The minimum absolute atomic E-state index is 0.0628. The minimum atomic E-state index is -3.08. The maximum Gasteiger partial charge on any atom is 0.334 e. The highest BCUT2D eigenvalue weighted by atomic mass is 28.4. The van der Waals surface area contributed by atoms with Gasteiger partial charge in [-0.15, -0.1) is 0 Å². The van der Waals surface area contributed by atoms with E-state index >= 15 is 0 Å². The van der Waals surface area contributed by atoms with Crippen molar-refractivity contribution < 1.29 is 28.3 Å². The van der Waals surface area contributed by atoms with E-state index in [4.69, 9.17) is 13.9 Å². The summed E-state index contributed by atoms with van der Waals surface area (Å²) in [6, 6.07) is 20.7. The van der Waals surface area contributed by atoms with E-state index in [0.29, 0.717) is 25.9 Å². The lowest BCUT2D eigenvalue weighted by atomic mass is 9.61. The molecule has 7 heteroatoms. The van der Waals surface area contributed by atoms with Crippen LogP contribution in [0.1, 0.15) is 114 Å². The Morgan fingerprint density at radius 3 is 2.00 bits per heavy atom. The molecule has 264 valence electrons. The zero-order chi connectivity index (χ0) is 35.8.